The highest BCUT2D eigenvalue weighted by atomic mass is 79.9. The number of likely N-dealkylation sites (N-methyl/N-ethyl adjacent to an activating group) is 1. The molecule has 9 nitrogen and oxygen atoms in total. The molecule has 3 amide bonds. The van der Waals surface area contributed by atoms with E-state index in [1.165, 1.54) is 16.0 Å². The Morgan fingerprint density at radius 2 is 2.03 bits per heavy atom. The molecule has 2 heterocycles. The van der Waals surface area contributed by atoms with Gasteiger partial charge in [-0.2, -0.15) is 0 Å². The highest BCUT2D eigenvalue weighted by Crippen LogP contribution is 2.22. The van der Waals surface area contributed by atoms with Crippen molar-refractivity contribution in [2.45, 2.75) is 26.3 Å². The lowest BCUT2D eigenvalue weighted by Crippen LogP contribution is -2.49. The van der Waals surface area contributed by atoms with Crippen molar-refractivity contribution in [2.24, 2.45) is 0 Å². The van der Waals surface area contributed by atoms with Crippen molar-refractivity contribution in [3.8, 4) is 5.75 Å². The summed E-state index contributed by atoms with van der Waals surface area (Å²) in [5.74, 6) is -0.713. The lowest BCUT2D eigenvalue weighted by molar-refractivity contribution is -0.130. The molecular formula is C20H21BrN4O5S. The standard InChI is InChI=1S/C20H21BrN4O5S/c1-3-24-19(28)14(11-17(26)22-12-6-5-7-13(10-12)29-4-2)25(20(24)31)23-18(27)15-8-9-16(21)30-15/h5-10,14H,3-4,11H2,1-2H3,(H,22,26)(H,23,27). The van der Waals surface area contributed by atoms with Crippen LogP contribution < -0.4 is 15.5 Å². The van der Waals surface area contributed by atoms with E-state index in [2.05, 4.69) is 26.7 Å². The number of hydrogen-bond acceptors (Lipinski definition) is 6. The Hall–Kier alpha value is -2.92. The predicted octanol–water partition coefficient (Wildman–Crippen LogP) is 2.93. The van der Waals surface area contributed by atoms with E-state index in [0.29, 0.717) is 29.3 Å². The normalized spacial score (nSPS) is 15.9. The smallest absolute Gasteiger partial charge is 0.305 e. The average molecular weight is 509 g/mol. The third-order valence-corrected chi connectivity index (χ3v) is 5.29. The molecule has 0 bridgehead atoms. The number of nitrogens with one attached hydrogen (secondary N) is 2. The van der Waals surface area contributed by atoms with Gasteiger partial charge >= 0.3 is 5.91 Å². The van der Waals surface area contributed by atoms with E-state index in [1.807, 2.05) is 6.92 Å². The molecule has 11 heteroatoms. The second kappa shape index (κ2) is 9.92. The Balaban J connectivity index is 1.73. The number of amides is 3. The Morgan fingerprint density at radius 1 is 1.26 bits per heavy atom. The SMILES string of the molecule is CCOc1cccc(NC(=O)CC2C(=O)N(CC)C(=S)N2NC(=O)c2ccc(Br)o2)c1. The summed E-state index contributed by atoms with van der Waals surface area (Å²) in [4.78, 5) is 39.3. The molecule has 164 valence electrons. The molecule has 0 saturated carbocycles. The van der Waals surface area contributed by atoms with Gasteiger partial charge in [0.05, 0.1) is 13.0 Å². The molecule has 0 aliphatic carbocycles. The van der Waals surface area contributed by atoms with Crippen molar-refractivity contribution in [3.63, 3.8) is 0 Å². The van der Waals surface area contributed by atoms with E-state index >= 15 is 0 Å². The Morgan fingerprint density at radius 3 is 2.68 bits per heavy atom. The number of hydrogen-bond donors (Lipinski definition) is 2. The average Bonchev–Trinajstić information content (AvgIpc) is 3.25. The molecule has 0 spiro atoms. The summed E-state index contributed by atoms with van der Waals surface area (Å²) >= 11 is 8.48. The highest BCUT2D eigenvalue weighted by Gasteiger charge is 2.44. The highest BCUT2D eigenvalue weighted by molar-refractivity contribution is 9.10. The van der Waals surface area contributed by atoms with Crippen LogP contribution in [-0.2, 0) is 9.59 Å². The molecule has 1 atom stereocenters. The third-order valence-electron chi connectivity index (χ3n) is 4.44. The maximum absolute atomic E-state index is 12.8. The first kappa shape index (κ1) is 22.8. The fourth-order valence-corrected chi connectivity index (χ4v) is 3.76. The van der Waals surface area contributed by atoms with Crippen LogP contribution in [0.25, 0.3) is 0 Å². The number of carbonyl (C=O) groups excluding carboxylic acids is 3. The van der Waals surface area contributed by atoms with Crippen molar-refractivity contribution in [1.82, 2.24) is 15.3 Å². The summed E-state index contributed by atoms with van der Waals surface area (Å²) < 4.78 is 11.1. The van der Waals surface area contributed by atoms with E-state index in [9.17, 15) is 14.4 Å². The molecule has 2 aromatic rings. The van der Waals surface area contributed by atoms with Crippen molar-refractivity contribution in [2.75, 3.05) is 18.5 Å². The largest absolute Gasteiger partial charge is 0.494 e. The molecule has 1 aromatic carbocycles. The van der Waals surface area contributed by atoms with Crippen molar-refractivity contribution < 1.29 is 23.5 Å². The zero-order valence-electron chi connectivity index (χ0n) is 16.9. The first-order chi connectivity index (χ1) is 14.8. The summed E-state index contributed by atoms with van der Waals surface area (Å²) in [6, 6.07) is 9.01. The van der Waals surface area contributed by atoms with Gasteiger partial charge in [-0.05, 0) is 66.3 Å². The van der Waals surface area contributed by atoms with Crippen LogP contribution in [-0.4, -0.2) is 51.9 Å². The molecule has 1 aromatic heterocycles. The number of benzene rings is 1. The van der Waals surface area contributed by atoms with Crippen LogP contribution >= 0.6 is 28.1 Å². The molecule has 1 aliphatic heterocycles. The minimum atomic E-state index is -0.982. The minimum Gasteiger partial charge on any atom is -0.494 e. The van der Waals surface area contributed by atoms with Gasteiger partial charge in [0.1, 0.15) is 11.8 Å². The predicted molar refractivity (Wildman–Crippen MR) is 120 cm³/mol. The van der Waals surface area contributed by atoms with Gasteiger partial charge in [-0.3, -0.25) is 24.7 Å². The molecular weight excluding hydrogens is 488 g/mol. The number of hydrazine groups is 1. The Labute approximate surface area is 192 Å². The number of furan rings is 1. The van der Waals surface area contributed by atoms with Gasteiger partial charge < -0.3 is 14.5 Å². The maximum atomic E-state index is 12.8. The number of ether oxygens (including phenoxy) is 1. The lowest BCUT2D eigenvalue weighted by Gasteiger charge is -2.23. The van der Waals surface area contributed by atoms with Gasteiger partial charge in [-0.25, -0.2) is 5.01 Å². The maximum Gasteiger partial charge on any atom is 0.305 e. The lowest BCUT2D eigenvalue weighted by atomic mass is 10.2. The second-order valence-electron chi connectivity index (χ2n) is 6.51. The molecule has 3 rings (SSSR count). The van der Waals surface area contributed by atoms with Crippen molar-refractivity contribution >= 4 is 56.7 Å². The number of thiocarbonyl (C=S) groups is 1. The molecule has 2 N–H and O–H groups in total. The fourth-order valence-electron chi connectivity index (χ4n) is 3.06. The first-order valence-electron chi connectivity index (χ1n) is 9.57. The summed E-state index contributed by atoms with van der Waals surface area (Å²) in [5.41, 5.74) is 3.11. The van der Waals surface area contributed by atoms with E-state index in [0.717, 1.165) is 0 Å². The third kappa shape index (κ3) is 5.23. The summed E-state index contributed by atoms with van der Waals surface area (Å²) in [6.45, 7) is 4.43. The molecule has 1 aliphatic rings. The molecule has 1 saturated heterocycles. The molecule has 1 unspecified atom stereocenters. The van der Waals surface area contributed by atoms with Gasteiger partial charge in [0.25, 0.3) is 5.91 Å². The van der Waals surface area contributed by atoms with E-state index in [-0.39, 0.29) is 23.2 Å². The van der Waals surface area contributed by atoms with Crippen LogP contribution in [0, 0.1) is 0 Å². The zero-order chi connectivity index (χ0) is 22.5. The van der Waals surface area contributed by atoms with Crippen LogP contribution in [0.3, 0.4) is 0 Å². The summed E-state index contributed by atoms with van der Waals surface area (Å²) in [7, 11) is 0. The number of halogens is 1. The first-order valence-corrected chi connectivity index (χ1v) is 10.8. The number of anilines is 1. The topological polar surface area (TPSA) is 104 Å². The monoisotopic (exact) mass is 508 g/mol. The Bertz CT molecular complexity index is 1010. The van der Waals surface area contributed by atoms with Crippen LogP contribution in [0.2, 0.25) is 0 Å². The Kier molecular flexibility index (Phi) is 7.29. The van der Waals surface area contributed by atoms with Crippen LogP contribution in [0.1, 0.15) is 30.8 Å². The van der Waals surface area contributed by atoms with E-state index < -0.39 is 17.9 Å². The molecule has 0 radical (unpaired) electrons. The number of rotatable bonds is 8. The quantitative estimate of drug-likeness (QED) is 0.528. The van der Waals surface area contributed by atoms with Gasteiger partial charge in [0.2, 0.25) is 5.91 Å². The van der Waals surface area contributed by atoms with Gasteiger partial charge in [-0.1, -0.05) is 6.07 Å². The number of carbonyl (C=O) groups is 3. The van der Waals surface area contributed by atoms with Gasteiger partial charge in [-0.15, -0.1) is 0 Å². The van der Waals surface area contributed by atoms with Gasteiger partial charge in [0, 0.05) is 18.3 Å². The number of nitrogens with zero attached hydrogens (tertiary/aromatic N) is 2. The van der Waals surface area contributed by atoms with E-state index in [1.54, 1.807) is 37.3 Å². The minimum absolute atomic E-state index is 0.0352. The molecule has 31 heavy (non-hydrogen) atoms. The van der Waals surface area contributed by atoms with Gasteiger partial charge in [0.15, 0.2) is 15.5 Å². The summed E-state index contributed by atoms with van der Waals surface area (Å²) in [6.07, 6.45) is -0.212. The second-order valence-corrected chi connectivity index (χ2v) is 7.66. The molecule has 1 fully saturated rings. The van der Waals surface area contributed by atoms with E-state index in [4.69, 9.17) is 21.4 Å². The summed E-state index contributed by atoms with van der Waals surface area (Å²) in [5, 5.41) is 4.09. The van der Waals surface area contributed by atoms with Crippen LogP contribution in [0.5, 0.6) is 5.75 Å². The van der Waals surface area contributed by atoms with Crippen LogP contribution in [0.15, 0.2) is 45.5 Å². The zero-order valence-corrected chi connectivity index (χ0v) is 19.3. The van der Waals surface area contributed by atoms with Crippen molar-refractivity contribution in [1.29, 1.82) is 0 Å². The fraction of sp³-hybridized carbons (Fsp3) is 0.300. The van der Waals surface area contributed by atoms with Crippen LogP contribution in [0.4, 0.5) is 5.69 Å². The van der Waals surface area contributed by atoms with Crippen molar-refractivity contribution in [3.05, 3.63) is 46.8 Å².